The van der Waals surface area contributed by atoms with Crippen molar-refractivity contribution in [2.45, 2.75) is 0 Å². The number of nitrogens with zero attached hydrogens (tertiary/aromatic N) is 1. The molecule has 0 fully saturated rings. The van der Waals surface area contributed by atoms with Crippen LogP contribution in [0.2, 0.25) is 5.02 Å². The third-order valence-corrected chi connectivity index (χ3v) is 2.74. The van der Waals surface area contributed by atoms with E-state index in [0.717, 1.165) is 0 Å². The highest BCUT2D eigenvalue weighted by Crippen LogP contribution is 2.19. The van der Waals surface area contributed by atoms with Crippen LogP contribution in [0.1, 0.15) is 15.9 Å². The summed E-state index contributed by atoms with van der Waals surface area (Å²) in [6.45, 7) is 0. The minimum atomic E-state index is -0.366. The van der Waals surface area contributed by atoms with E-state index in [2.05, 4.69) is 5.32 Å². The minimum Gasteiger partial charge on any atom is -0.398 e. The average molecular weight is 272 g/mol. The molecule has 0 aliphatic rings. The Morgan fingerprint density at radius 1 is 1.26 bits per heavy atom. The van der Waals surface area contributed by atoms with Crippen molar-refractivity contribution in [3.05, 3.63) is 58.6 Å². The Morgan fingerprint density at radius 2 is 2.05 bits per heavy atom. The van der Waals surface area contributed by atoms with Gasteiger partial charge in [-0.15, -0.1) is 0 Å². The van der Waals surface area contributed by atoms with Gasteiger partial charge in [0.25, 0.3) is 5.91 Å². The number of amides is 1. The molecule has 0 unspecified atom stereocenters. The van der Waals surface area contributed by atoms with E-state index >= 15 is 0 Å². The lowest BCUT2D eigenvalue weighted by Crippen LogP contribution is -2.14. The van der Waals surface area contributed by atoms with Gasteiger partial charge >= 0.3 is 0 Å². The van der Waals surface area contributed by atoms with E-state index in [4.69, 9.17) is 22.6 Å². The number of hydrogen-bond donors (Lipinski definition) is 2. The van der Waals surface area contributed by atoms with Crippen molar-refractivity contribution in [3.8, 4) is 6.07 Å². The van der Waals surface area contributed by atoms with Crippen molar-refractivity contribution in [3.63, 3.8) is 0 Å². The molecule has 0 radical (unpaired) electrons. The number of rotatable bonds is 2. The van der Waals surface area contributed by atoms with E-state index in [9.17, 15) is 4.79 Å². The molecular weight excluding hydrogens is 262 g/mol. The van der Waals surface area contributed by atoms with Gasteiger partial charge in [0.05, 0.1) is 17.2 Å². The molecule has 2 aromatic carbocycles. The number of nitrogen functional groups attached to an aromatic ring is 1. The lowest BCUT2D eigenvalue weighted by atomic mass is 10.1. The summed E-state index contributed by atoms with van der Waals surface area (Å²) in [5, 5.41) is 11.9. The SMILES string of the molecule is N#Cc1cccc(NC(=O)c2cc(Cl)ccc2N)c1. The van der Waals surface area contributed by atoms with Gasteiger partial charge in [-0.3, -0.25) is 4.79 Å². The molecule has 4 nitrogen and oxygen atoms in total. The van der Waals surface area contributed by atoms with Crippen molar-refractivity contribution in [1.82, 2.24) is 0 Å². The fraction of sp³-hybridized carbons (Fsp3) is 0. The molecular formula is C14H10ClN3O. The highest BCUT2D eigenvalue weighted by atomic mass is 35.5. The first-order valence-electron chi connectivity index (χ1n) is 5.46. The normalized spacial score (nSPS) is 9.68. The van der Waals surface area contributed by atoms with E-state index < -0.39 is 0 Å². The molecule has 0 aliphatic carbocycles. The van der Waals surface area contributed by atoms with E-state index in [1.807, 2.05) is 6.07 Å². The Labute approximate surface area is 115 Å². The third-order valence-electron chi connectivity index (χ3n) is 2.51. The quantitative estimate of drug-likeness (QED) is 0.824. The fourth-order valence-corrected chi connectivity index (χ4v) is 1.76. The first kappa shape index (κ1) is 12.9. The first-order chi connectivity index (χ1) is 9.10. The number of halogens is 1. The number of nitrogens with one attached hydrogen (secondary N) is 1. The van der Waals surface area contributed by atoms with E-state index in [1.54, 1.807) is 36.4 Å². The second-order valence-corrected chi connectivity index (χ2v) is 4.31. The topological polar surface area (TPSA) is 78.9 Å². The van der Waals surface area contributed by atoms with Crippen LogP contribution in [0, 0.1) is 11.3 Å². The summed E-state index contributed by atoms with van der Waals surface area (Å²) in [7, 11) is 0. The molecule has 0 spiro atoms. The number of hydrogen-bond acceptors (Lipinski definition) is 3. The van der Waals surface area contributed by atoms with Crippen LogP contribution in [0.15, 0.2) is 42.5 Å². The maximum atomic E-state index is 12.1. The lowest BCUT2D eigenvalue weighted by Gasteiger charge is -2.08. The van der Waals surface area contributed by atoms with Crippen molar-refractivity contribution in [1.29, 1.82) is 5.26 Å². The zero-order valence-electron chi connectivity index (χ0n) is 9.85. The van der Waals surface area contributed by atoms with Gasteiger partial charge in [-0.05, 0) is 36.4 Å². The summed E-state index contributed by atoms with van der Waals surface area (Å²) in [5.74, 6) is -0.366. The van der Waals surface area contributed by atoms with Crippen LogP contribution in [-0.2, 0) is 0 Å². The summed E-state index contributed by atoms with van der Waals surface area (Å²) in [5.41, 5.74) is 7.38. The van der Waals surface area contributed by atoms with Crippen molar-refractivity contribution in [2.75, 3.05) is 11.1 Å². The van der Waals surface area contributed by atoms with Crippen LogP contribution in [0.4, 0.5) is 11.4 Å². The van der Waals surface area contributed by atoms with Gasteiger partial charge in [-0.25, -0.2) is 0 Å². The molecule has 2 rings (SSSR count). The van der Waals surface area contributed by atoms with E-state index in [-0.39, 0.29) is 5.91 Å². The van der Waals surface area contributed by atoms with Crippen LogP contribution in [0.25, 0.3) is 0 Å². The van der Waals surface area contributed by atoms with Crippen molar-refractivity contribution in [2.24, 2.45) is 0 Å². The van der Waals surface area contributed by atoms with Gasteiger partial charge in [0, 0.05) is 16.4 Å². The Kier molecular flexibility index (Phi) is 3.69. The van der Waals surface area contributed by atoms with Gasteiger partial charge in [0.15, 0.2) is 0 Å². The minimum absolute atomic E-state index is 0.301. The van der Waals surface area contributed by atoms with Crippen LogP contribution >= 0.6 is 11.6 Å². The molecule has 0 saturated heterocycles. The summed E-state index contributed by atoms with van der Waals surface area (Å²) in [4.78, 5) is 12.1. The van der Waals surface area contributed by atoms with E-state index in [1.165, 1.54) is 6.07 Å². The lowest BCUT2D eigenvalue weighted by molar-refractivity contribution is 0.102. The summed E-state index contributed by atoms with van der Waals surface area (Å²) in [6, 6.07) is 13.3. The zero-order valence-corrected chi connectivity index (χ0v) is 10.6. The summed E-state index contributed by atoms with van der Waals surface area (Å²) >= 11 is 5.83. The molecule has 19 heavy (non-hydrogen) atoms. The molecule has 0 atom stereocenters. The molecule has 0 aliphatic heterocycles. The van der Waals surface area contributed by atoms with Crippen molar-refractivity contribution >= 4 is 28.9 Å². The molecule has 0 aromatic heterocycles. The fourth-order valence-electron chi connectivity index (χ4n) is 1.59. The Morgan fingerprint density at radius 3 is 2.79 bits per heavy atom. The third kappa shape index (κ3) is 3.03. The summed E-state index contributed by atoms with van der Waals surface area (Å²) < 4.78 is 0. The second-order valence-electron chi connectivity index (χ2n) is 3.88. The molecule has 1 amide bonds. The highest BCUT2D eigenvalue weighted by Gasteiger charge is 2.10. The summed E-state index contributed by atoms with van der Waals surface area (Å²) in [6.07, 6.45) is 0. The number of carbonyl (C=O) groups is 1. The second kappa shape index (κ2) is 5.42. The Balaban J connectivity index is 2.26. The van der Waals surface area contributed by atoms with Gasteiger partial charge in [-0.1, -0.05) is 17.7 Å². The zero-order chi connectivity index (χ0) is 13.8. The van der Waals surface area contributed by atoms with Gasteiger partial charge in [-0.2, -0.15) is 5.26 Å². The molecule has 0 saturated carbocycles. The number of nitrogens with two attached hydrogens (primary N) is 1. The molecule has 2 aromatic rings. The Hall–Kier alpha value is -2.51. The van der Waals surface area contributed by atoms with Gasteiger partial charge in [0.1, 0.15) is 0 Å². The molecule has 3 N–H and O–H groups in total. The predicted molar refractivity (Wildman–Crippen MR) is 75.0 cm³/mol. The predicted octanol–water partition coefficient (Wildman–Crippen LogP) is 3.05. The monoisotopic (exact) mass is 271 g/mol. The van der Waals surface area contributed by atoms with Gasteiger partial charge in [0.2, 0.25) is 0 Å². The number of anilines is 2. The van der Waals surface area contributed by atoms with Crippen LogP contribution in [-0.4, -0.2) is 5.91 Å². The van der Waals surface area contributed by atoms with E-state index in [0.29, 0.717) is 27.5 Å². The standard InChI is InChI=1S/C14H10ClN3O/c15-10-4-5-13(17)12(7-10)14(19)18-11-3-1-2-9(6-11)8-16/h1-7H,17H2,(H,18,19). The smallest absolute Gasteiger partial charge is 0.257 e. The van der Waals surface area contributed by atoms with Crippen molar-refractivity contribution < 1.29 is 4.79 Å². The first-order valence-corrected chi connectivity index (χ1v) is 5.84. The average Bonchev–Trinajstić information content (AvgIpc) is 2.41. The maximum absolute atomic E-state index is 12.1. The number of carbonyl (C=O) groups excluding carboxylic acids is 1. The number of nitriles is 1. The maximum Gasteiger partial charge on any atom is 0.257 e. The largest absolute Gasteiger partial charge is 0.398 e. The van der Waals surface area contributed by atoms with Gasteiger partial charge < -0.3 is 11.1 Å². The van der Waals surface area contributed by atoms with Crippen LogP contribution < -0.4 is 11.1 Å². The molecule has 0 heterocycles. The Bertz CT molecular complexity index is 677. The number of benzene rings is 2. The molecule has 5 heteroatoms. The van der Waals surface area contributed by atoms with Crippen LogP contribution in [0.5, 0.6) is 0 Å². The van der Waals surface area contributed by atoms with Crippen LogP contribution in [0.3, 0.4) is 0 Å². The molecule has 0 bridgehead atoms. The highest BCUT2D eigenvalue weighted by molar-refractivity contribution is 6.31. The molecule has 94 valence electrons.